The van der Waals surface area contributed by atoms with E-state index in [0.717, 1.165) is 0 Å². The van der Waals surface area contributed by atoms with Crippen LogP contribution in [0.25, 0.3) is 0 Å². The molecule has 2 aliphatic rings. The minimum Gasteiger partial charge on any atom is -0.337 e. The van der Waals surface area contributed by atoms with E-state index in [-0.39, 0.29) is 0 Å². The molecule has 0 aromatic rings. The highest BCUT2D eigenvalue weighted by Crippen LogP contribution is 2.16. The van der Waals surface area contributed by atoms with Gasteiger partial charge in [0.25, 0.3) is 0 Å². The Morgan fingerprint density at radius 1 is 1.00 bits per heavy atom. The molecule has 10 heteroatoms. The molecule has 16 heavy (non-hydrogen) atoms. The van der Waals surface area contributed by atoms with Gasteiger partial charge >= 0.3 is 11.7 Å². The number of azo groups is 1. The second-order valence-electron chi connectivity index (χ2n) is 2.86. The van der Waals surface area contributed by atoms with E-state index < -0.39 is 11.7 Å². The normalized spacial score (nSPS) is 36.9. The fourth-order valence-electron chi connectivity index (χ4n) is 0.943. The van der Waals surface area contributed by atoms with Gasteiger partial charge in [0.05, 0.1) is 0 Å². The molecule has 0 fully saturated rings. The van der Waals surface area contributed by atoms with Crippen LogP contribution in [0.3, 0.4) is 0 Å². The topological polar surface area (TPSA) is 110 Å². The van der Waals surface area contributed by atoms with Crippen molar-refractivity contribution in [3.05, 3.63) is 0 Å². The summed E-state index contributed by atoms with van der Waals surface area (Å²) in [5.74, 6) is -2.55. The highest BCUT2D eigenvalue weighted by atomic mass is 16.8. The quantitative estimate of drug-likeness (QED) is 0.604. The maximum Gasteiger partial charge on any atom is 0.308 e. The fraction of sp³-hybridized carbons (Fsp3) is 0.667. The Labute approximate surface area is 90.2 Å². The van der Waals surface area contributed by atoms with Crippen molar-refractivity contribution in [1.82, 2.24) is 11.0 Å². The lowest BCUT2D eigenvalue weighted by molar-refractivity contribution is -0.0991. The van der Waals surface area contributed by atoms with Crippen LogP contribution in [0, 0.1) is 0 Å². The average molecular weight is 230 g/mol. The van der Waals surface area contributed by atoms with Crippen LogP contribution < -0.4 is 11.0 Å². The molecule has 2 N–H and O–H groups in total. The van der Waals surface area contributed by atoms with E-state index in [2.05, 4.69) is 41.4 Å². The number of methoxy groups -OCH3 is 2. The van der Waals surface area contributed by atoms with E-state index in [9.17, 15) is 0 Å². The Hall–Kier alpha value is -1.62. The molecule has 0 aliphatic carbocycles. The van der Waals surface area contributed by atoms with Crippen LogP contribution in [0.4, 0.5) is 0 Å². The summed E-state index contributed by atoms with van der Waals surface area (Å²) in [6, 6.07) is 0. The number of hydrogen-bond donors (Lipinski definition) is 2. The first-order valence-electron chi connectivity index (χ1n) is 4.24. The Morgan fingerprint density at radius 3 is 1.69 bits per heavy atom. The molecule has 0 aromatic carbocycles. The molecule has 0 amide bonds. The molecule has 0 saturated heterocycles. The summed E-state index contributed by atoms with van der Waals surface area (Å²) in [5.41, 5.74) is 4.82. The molecule has 2 aliphatic heterocycles. The van der Waals surface area contributed by atoms with Crippen molar-refractivity contribution in [2.75, 3.05) is 14.2 Å². The Morgan fingerprint density at radius 2 is 1.44 bits per heavy atom. The van der Waals surface area contributed by atoms with E-state index in [1.807, 2.05) is 0 Å². The van der Waals surface area contributed by atoms with Crippen LogP contribution in [-0.2, 0) is 19.4 Å². The number of oxime groups is 2. The van der Waals surface area contributed by atoms with Crippen LogP contribution >= 0.6 is 0 Å². The zero-order valence-electron chi connectivity index (χ0n) is 8.58. The van der Waals surface area contributed by atoms with E-state index in [1.165, 1.54) is 26.6 Å². The van der Waals surface area contributed by atoms with Gasteiger partial charge in [-0.1, -0.05) is 21.3 Å². The zero-order chi connectivity index (χ0) is 11.5. The molecular formula is C6H10N6O4. The van der Waals surface area contributed by atoms with Gasteiger partial charge in [0.15, 0.2) is 0 Å². The first-order chi connectivity index (χ1) is 7.74. The summed E-state index contributed by atoms with van der Waals surface area (Å²) in [6.07, 6.45) is 2.60. The molecule has 0 saturated carbocycles. The first-order valence-corrected chi connectivity index (χ1v) is 4.24. The predicted octanol–water partition coefficient (Wildman–Crippen LogP) is -0.920. The zero-order valence-corrected chi connectivity index (χ0v) is 8.58. The largest absolute Gasteiger partial charge is 0.337 e. The third-order valence-electron chi connectivity index (χ3n) is 1.91. The molecule has 0 radical (unpaired) electrons. The molecule has 0 spiro atoms. The summed E-state index contributed by atoms with van der Waals surface area (Å²) in [4.78, 5) is 9.10. The van der Waals surface area contributed by atoms with Crippen molar-refractivity contribution in [3.63, 3.8) is 0 Å². The van der Waals surface area contributed by atoms with Crippen molar-refractivity contribution in [2.45, 2.75) is 11.7 Å². The van der Waals surface area contributed by atoms with Gasteiger partial charge in [-0.3, -0.25) is 9.88 Å². The lowest BCUT2D eigenvalue weighted by atomic mass is 10.5. The minimum atomic E-state index is -1.27. The molecule has 2 atom stereocenters. The number of nitrogens with one attached hydrogen (secondary N) is 2. The van der Waals surface area contributed by atoms with Crippen LogP contribution in [0.5, 0.6) is 0 Å². The molecule has 0 bridgehead atoms. The van der Waals surface area contributed by atoms with Crippen molar-refractivity contribution >= 4 is 12.4 Å². The number of ether oxygens (including phenoxy) is 2. The molecule has 10 nitrogen and oxygen atoms in total. The van der Waals surface area contributed by atoms with Gasteiger partial charge in [-0.25, -0.2) is 0 Å². The third kappa shape index (κ3) is 1.86. The van der Waals surface area contributed by atoms with Crippen molar-refractivity contribution < 1.29 is 19.4 Å². The smallest absolute Gasteiger partial charge is 0.308 e. The van der Waals surface area contributed by atoms with Gasteiger partial charge in [0.1, 0.15) is 12.4 Å². The molecule has 2 heterocycles. The van der Waals surface area contributed by atoms with Gasteiger partial charge in [0.2, 0.25) is 0 Å². The van der Waals surface area contributed by atoms with Gasteiger partial charge in [-0.2, -0.15) is 0 Å². The molecule has 0 aromatic heterocycles. The second kappa shape index (κ2) is 4.09. The summed E-state index contributed by atoms with van der Waals surface area (Å²) < 4.78 is 10.1. The van der Waals surface area contributed by atoms with E-state index in [1.54, 1.807) is 0 Å². The lowest BCUT2D eigenvalue weighted by Crippen LogP contribution is -2.45. The fourth-order valence-corrected chi connectivity index (χ4v) is 0.943. The van der Waals surface area contributed by atoms with Crippen LogP contribution in [0.15, 0.2) is 20.5 Å². The third-order valence-corrected chi connectivity index (χ3v) is 1.91. The van der Waals surface area contributed by atoms with Crippen molar-refractivity contribution in [2.24, 2.45) is 20.5 Å². The van der Waals surface area contributed by atoms with Crippen LogP contribution in [-0.4, -0.2) is 38.3 Å². The van der Waals surface area contributed by atoms with Gasteiger partial charge < -0.3 is 9.47 Å². The Balaban J connectivity index is 2.13. The maximum atomic E-state index is 5.03. The number of nitrogens with zero attached hydrogens (tertiary/aromatic N) is 4. The Bertz CT molecular complexity index is 314. The van der Waals surface area contributed by atoms with E-state index in [4.69, 9.17) is 9.47 Å². The van der Waals surface area contributed by atoms with Gasteiger partial charge in [0, 0.05) is 14.2 Å². The summed E-state index contributed by atoms with van der Waals surface area (Å²) in [6.45, 7) is 0. The van der Waals surface area contributed by atoms with Gasteiger partial charge in [-0.15, -0.1) is 10.2 Å². The molecule has 2 unspecified atom stereocenters. The summed E-state index contributed by atoms with van der Waals surface area (Å²) >= 11 is 0. The molecular weight excluding hydrogens is 220 g/mol. The van der Waals surface area contributed by atoms with Crippen LogP contribution in [0.2, 0.25) is 0 Å². The van der Waals surface area contributed by atoms with Gasteiger partial charge in [-0.05, 0) is 0 Å². The lowest BCUT2D eigenvalue weighted by Gasteiger charge is -2.19. The monoisotopic (exact) mass is 230 g/mol. The highest BCUT2D eigenvalue weighted by Gasteiger charge is 2.38. The maximum absolute atomic E-state index is 5.03. The Kier molecular flexibility index (Phi) is 2.78. The van der Waals surface area contributed by atoms with Crippen LogP contribution in [0.1, 0.15) is 0 Å². The second-order valence-corrected chi connectivity index (χ2v) is 2.86. The first kappa shape index (κ1) is 10.9. The highest BCUT2D eigenvalue weighted by molar-refractivity contribution is 5.69. The van der Waals surface area contributed by atoms with Crippen molar-refractivity contribution in [1.29, 1.82) is 0 Å². The molecule has 88 valence electrons. The number of hydroxylamine groups is 2. The van der Waals surface area contributed by atoms with Crippen molar-refractivity contribution in [3.8, 4) is 0 Å². The SMILES string of the molecule is COC1(N=NC2(OC)C=NON2)C=NON1. The predicted molar refractivity (Wildman–Crippen MR) is 49.8 cm³/mol. The molecule has 2 rings (SSSR count). The van der Waals surface area contributed by atoms with E-state index in [0.29, 0.717) is 0 Å². The van der Waals surface area contributed by atoms with E-state index >= 15 is 0 Å². The summed E-state index contributed by atoms with van der Waals surface area (Å²) in [5, 5.41) is 14.6. The number of rotatable bonds is 4. The average Bonchev–Trinajstić information content (AvgIpc) is 2.97. The standard InChI is InChI=1S/C6H10N6O4/c1-13-5(3-7-15-11-5)9-10-6(14-2)4-8-16-12-6/h3-4,11-12H,1-2H3. The summed E-state index contributed by atoms with van der Waals surface area (Å²) in [7, 11) is 2.83. The minimum absolute atomic E-state index is 1.27. The number of hydrogen-bond acceptors (Lipinski definition) is 10.